The Morgan fingerprint density at radius 2 is 1.38 bits per heavy atom. The zero-order valence-corrected chi connectivity index (χ0v) is 13.9. The van der Waals surface area contributed by atoms with E-state index in [0.29, 0.717) is 5.56 Å². The van der Waals surface area contributed by atoms with E-state index < -0.39 is 46.5 Å². The van der Waals surface area contributed by atoms with E-state index in [9.17, 15) is 35.1 Å². The van der Waals surface area contributed by atoms with Gasteiger partial charge >= 0.3 is 6.18 Å². The van der Waals surface area contributed by atoms with Crippen LogP contribution in [0.2, 0.25) is 0 Å². The molecule has 1 aromatic heterocycles. The number of nitrogens with one attached hydrogen (secondary N) is 1. The van der Waals surface area contributed by atoms with Crippen molar-refractivity contribution in [2.45, 2.75) is 6.18 Å². The number of nitrogens with zero attached hydrogens (tertiary/aromatic N) is 1. The van der Waals surface area contributed by atoms with Gasteiger partial charge in [0.05, 0.1) is 6.21 Å². The molecule has 3 aromatic rings. The lowest BCUT2D eigenvalue weighted by Gasteiger charge is -2.13. The molecular weight excluding hydrogens is 412 g/mol. The molecule has 0 aliphatic rings. The first-order valence-electron chi connectivity index (χ1n) is 7.67. The minimum absolute atomic E-state index is 0.0190. The zero-order chi connectivity index (χ0) is 21.3. The molecule has 3 nitrogen and oxygen atoms in total. The van der Waals surface area contributed by atoms with Crippen LogP contribution in [0.1, 0.15) is 11.3 Å². The molecule has 0 saturated heterocycles. The van der Waals surface area contributed by atoms with E-state index in [4.69, 9.17) is 4.42 Å². The number of hydrogen-bond donors (Lipinski definition) is 1. The third-order valence-electron chi connectivity index (χ3n) is 3.67. The predicted molar refractivity (Wildman–Crippen MR) is 86.6 cm³/mol. The molecule has 0 atom stereocenters. The lowest BCUT2D eigenvalue weighted by molar-refractivity contribution is -0.143. The summed E-state index contributed by atoms with van der Waals surface area (Å²) >= 11 is 0. The number of anilines is 1. The van der Waals surface area contributed by atoms with Crippen LogP contribution in [0.3, 0.4) is 0 Å². The second kappa shape index (κ2) is 7.57. The fourth-order valence-electron chi connectivity index (χ4n) is 2.33. The lowest BCUT2D eigenvalue weighted by atomic mass is 10.1. The highest BCUT2D eigenvalue weighted by atomic mass is 19.4. The van der Waals surface area contributed by atoms with E-state index in [1.165, 1.54) is 36.4 Å². The molecule has 0 aliphatic carbocycles. The van der Waals surface area contributed by atoms with Gasteiger partial charge in [0.2, 0.25) is 0 Å². The molecule has 11 heteroatoms. The van der Waals surface area contributed by atoms with Gasteiger partial charge in [0.1, 0.15) is 28.6 Å². The molecule has 0 unspecified atom stereocenters. The van der Waals surface area contributed by atoms with E-state index in [1.807, 2.05) is 0 Å². The van der Waals surface area contributed by atoms with E-state index in [-0.39, 0.29) is 11.5 Å². The van der Waals surface area contributed by atoms with Crippen LogP contribution < -0.4 is 5.43 Å². The van der Waals surface area contributed by atoms with Crippen molar-refractivity contribution in [2.24, 2.45) is 5.10 Å². The average molecular weight is 420 g/mol. The van der Waals surface area contributed by atoms with Crippen molar-refractivity contribution in [2.75, 3.05) is 5.43 Å². The van der Waals surface area contributed by atoms with Crippen LogP contribution in [0, 0.1) is 29.1 Å². The van der Waals surface area contributed by atoms with E-state index in [0.717, 1.165) is 6.21 Å². The number of hydrazone groups is 1. The molecule has 0 aliphatic heterocycles. The number of benzene rings is 2. The summed E-state index contributed by atoms with van der Waals surface area (Å²) in [6, 6.07) is 8.05. The van der Waals surface area contributed by atoms with Crippen molar-refractivity contribution in [1.29, 1.82) is 0 Å². The van der Waals surface area contributed by atoms with Crippen LogP contribution in [0.5, 0.6) is 0 Å². The van der Waals surface area contributed by atoms with Crippen molar-refractivity contribution in [3.8, 4) is 11.3 Å². The van der Waals surface area contributed by atoms with Gasteiger partial charge in [0.15, 0.2) is 23.3 Å². The summed E-state index contributed by atoms with van der Waals surface area (Å²) in [5, 5.41) is 3.31. The minimum atomic E-state index is -5.64. The van der Waals surface area contributed by atoms with Crippen molar-refractivity contribution in [1.82, 2.24) is 0 Å². The monoisotopic (exact) mass is 420 g/mol. The quantitative estimate of drug-likeness (QED) is 0.240. The largest absolute Gasteiger partial charge is 0.455 e. The van der Waals surface area contributed by atoms with Crippen LogP contribution >= 0.6 is 0 Å². The third kappa shape index (κ3) is 4.08. The number of alkyl halides is 3. The second-order valence-electron chi connectivity index (χ2n) is 5.58. The Hall–Kier alpha value is -3.37. The van der Waals surface area contributed by atoms with E-state index in [1.54, 1.807) is 5.43 Å². The minimum Gasteiger partial charge on any atom is -0.455 e. The first kappa shape index (κ1) is 20.4. The molecule has 3 rings (SSSR count). The summed E-state index contributed by atoms with van der Waals surface area (Å²) in [7, 11) is 0. The number of rotatable bonds is 4. The van der Waals surface area contributed by atoms with E-state index in [2.05, 4.69) is 5.10 Å². The third-order valence-corrected chi connectivity index (χ3v) is 3.67. The highest BCUT2D eigenvalue weighted by molar-refractivity contribution is 5.78. The fourth-order valence-corrected chi connectivity index (χ4v) is 2.33. The first-order chi connectivity index (χ1) is 13.6. The maximum Gasteiger partial charge on any atom is 0.422 e. The van der Waals surface area contributed by atoms with Crippen molar-refractivity contribution in [3.05, 3.63) is 76.8 Å². The van der Waals surface area contributed by atoms with Gasteiger partial charge in [0, 0.05) is 5.56 Å². The second-order valence-corrected chi connectivity index (χ2v) is 5.58. The van der Waals surface area contributed by atoms with Crippen LogP contribution in [0.25, 0.3) is 11.3 Å². The Morgan fingerprint density at radius 3 is 1.93 bits per heavy atom. The van der Waals surface area contributed by atoms with Gasteiger partial charge < -0.3 is 4.42 Å². The van der Waals surface area contributed by atoms with E-state index >= 15 is 0 Å². The molecule has 0 spiro atoms. The number of furan rings is 1. The molecular formula is C18H8F8N2O. The number of hydrogen-bond acceptors (Lipinski definition) is 3. The molecule has 2 aromatic carbocycles. The maximum absolute atomic E-state index is 13.7. The predicted octanol–water partition coefficient (Wildman–Crippen LogP) is 6.11. The standard InChI is InChI=1S/C18H8F8N2O/c19-9-3-1-8(2-4-9)11-6-5-10(29-11)7-27-28-17-15(22)13(20)12(18(24,25)26)14(21)16(17)23/h1-7,28H/b27-7+. The molecule has 0 fully saturated rings. The highest BCUT2D eigenvalue weighted by Crippen LogP contribution is 2.38. The summed E-state index contributed by atoms with van der Waals surface area (Å²) in [5.41, 5.74) is -2.12. The smallest absolute Gasteiger partial charge is 0.422 e. The SMILES string of the molecule is Fc1ccc(-c2ccc(/C=N/Nc3c(F)c(F)c(C(F)(F)F)c(F)c3F)o2)cc1. The van der Waals surface area contributed by atoms with Gasteiger partial charge in [-0.15, -0.1) is 0 Å². The average Bonchev–Trinajstić information content (AvgIpc) is 3.11. The van der Waals surface area contributed by atoms with Crippen LogP contribution in [0.4, 0.5) is 40.8 Å². The Balaban J connectivity index is 1.83. The highest BCUT2D eigenvalue weighted by Gasteiger charge is 2.42. The topological polar surface area (TPSA) is 37.5 Å². The van der Waals surface area contributed by atoms with Crippen LogP contribution in [0.15, 0.2) is 45.9 Å². The van der Waals surface area contributed by atoms with Crippen molar-refractivity contribution >= 4 is 11.9 Å². The van der Waals surface area contributed by atoms with Gasteiger partial charge in [0.25, 0.3) is 0 Å². The molecule has 1 heterocycles. The Labute approximate surface area is 157 Å². The maximum atomic E-state index is 13.7. The molecule has 0 amide bonds. The summed E-state index contributed by atoms with van der Waals surface area (Å²) < 4.78 is 110. The summed E-state index contributed by atoms with van der Waals surface area (Å²) in [5.74, 6) is -9.96. The molecule has 29 heavy (non-hydrogen) atoms. The molecule has 0 saturated carbocycles. The first-order valence-corrected chi connectivity index (χ1v) is 7.67. The van der Waals surface area contributed by atoms with Crippen molar-refractivity contribution < 1.29 is 39.5 Å². The van der Waals surface area contributed by atoms with Crippen LogP contribution in [-0.4, -0.2) is 6.21 Å². The van der Waals surface area contributed by atoms with Gasteiger partial charge in [-0.05, 0) is 36.4 Å². The number of halogens is 8. The summed E-state index contributed by atoms with van der Waals surface area (Å²) in [6.07, 6.45) is -4.78. The Kier molecular flexibility index (Phi) is 5.31. The molecule has 152 valence electrons. The van der Waals surface area contributed by atoms with Crippen LogP contribution in [-0.2, 0) is 6.18 Å². The summed E-state index contributed by atoms with van der Waals surface area (Å²) in [4.78, 5) is 0. The Bertz CT molecular complexity index is 1040. The fraction of sp³-hybridized carbons (Fsp3) is 0.0556. The molecule has 0 radical (unpaired) electrons. The van der Waals surface area contributed by atoms with Crippen molar-refractivity contribution in [3.63, 3.8) is 0 Å². The van der Waals surface area contributed by atoms with Gasteiger partial charge in [-0.1, -0.05) is 0 Å². The van der Waals surface area contributed by atoms with Gasteiger partial charge in [-0.2, -0.15) is 18.3 Å². The molecule has 0 bridgehead atoms. The lowest BCUT2D eigenvalue weighted by Crippen LogP contribution is -2.16. The zero-order valence-electron chi connectivity index (χ0n) is 13.9. The molecule has 1 N–H and O–H groups in total. The normalized spacial score (nSPS) is 12.0. The summed E-state index contributed by atoms with van der Waals surface area (Å²) in [6.45, 7) is 0. The van der Waals surface area contributed by atoms with Gasteiger partial charge in [-0.3, -0.25) is 5.43 Å². The van der Waals surface area contributed by atoms with Gasteiger partial charge in [-0.25, -0.2) is 22.0 Å². The Morgan fingerprint density at radius 1 is 0.793 bits per heavy atom.